The van der Waals surface area contributed by atoms with E-state index in [1.54, 1.807) is 6.07 Å². The predicted molar refractivity (Wildman–Crippen MR) is 104 cm³/mol. The second kappa shape index (κ2) is 7.41. The number of aromatic nitrogens is 2. The van der Waals surface area contributed by atoms with Crippen molar-refractivity contribution in [1.29, 1.82) is 0 Å². The van der Waals surface area contributed by atoms with Gasteiger partial charge in [0.2, 0.25) is 0 Å². The molecule has 1 N–H and O–H groups in total. The number of carbonyl (C=O) groups is 1. The highest BCUT2D eigenvalue weighted by Crippen LogP contribution is 2.25. The lowest BCUT2D eigenvalue weighted by atomic mass is 10.2. The summed E-state index contributed by atoms with van der Waals surface area (Å²) in [6.07, 6.45) is 0. The quantitative estimate of drug-likeness (QED) is 0.504. The number of nitrogens with one attached hydrogen (secondary N) is 1. The van der Waals surface area contributed by atoms with Gasteiger partial charge in [0.05, 0.1) is 17.1 Å². The average Bonchev–Trinajstić information content (AvgIpc) is 3.41. The van der Waals surface area contributed by atoms with Crippen LogP contribution in [0.4, 0.5) is 0 Å². The lowest BCUT2D eigenvalue weighted by molar-refractivity contribution is 0.0942. The molecular formula is C18H12ClN3O2S2. The summed E-state index contributed by atoms with van der Waals surface area (Å²) in [5.41, 5.74) is 2.10. The van der Waals surface area contributed by atoms with Gasteiger partial charge in [0.15, 0.2) is 11.5 Å². The van der Waals surface area contributed by atoms with Crippen LogP contribution in [0.1, 0.15) is 15.5 Å². The van der Waals surface area contributed by atoms with Crippen molar-refractivity contribution in [3.63, 3.8) is 0 Å². The van der Waals surface area contributed by atoms with Gasteiger partial charge < -0.3 is 9.84 Å². The topological polar surface area (TPSA) is 68.0 Å². The number of thiazole rings is 1. The van der Waals surface area contributed by atoms with E-state index in [2.05, 4.69) is 15.5 Å². The van der Waals surface area contributed by atoms with Gasteiger partial charge >= 0.3 is 0 Å². The Labute approximate surface area is 162 Å². The minimum atomic E-state index is -0.292. The molecule has 0 aliphatic rings. The zero-order valence-corrected chi connectivity index (χ0v) is 15.7. The maximum absolute atomic E-state index is 12.2. The first-order valence-electron chi connectivity index (χ1n) is 7.68. The van der Waals surface area contributed by atoms with Gasteiger partial charge in [0.25, 0.3) is 5.91 Å². The van der Waals surface area contributed by atoms with E-state index in [1.807, 2.05) is 47.2 Å². The molecule has 0 saturated carbocycles. The molecule has 5 nitrogen and oxygen atoms in total. The summed E-state index contributed by atoms with van der Waals surface area (Å²) in [5.74, 6) is 0.296. The molecule has 0 atom stereocenters. The number of hydrogen-bond donors (Lipinski definition) is 1. The molecule has 8 heteroatoms. The largest absolute Gasteiger partial charge is 0.355 e. The molecule has 0 fully saturated rings. The van der Waals surface area contributed by atoms with Crippen molar-refractivity contribution >= 4 is 40.2 Å². The molecule has 1 amide bonds. The molecule has 3 heterocycles. The Balaban J connectivity index is 1.40. The monoisotopic (exact) mass is 401 g/mol. The summed E-state index contributed by atoms with van der Waals surface area (Å²) in [7, 11) is 0. The van der Waals surface area contributed by atoms with Gasteiger partial charge in [0.1, 0.15) is 5.01 Å². The minimum Gasteiger partial charge on any atom is -0.355 e. The van der Waals surface area contributed by atoms with Gasteiger partial charge in [-0.3, -0.25) is 4.79 Å². The van der Waals surface area contributed by atoms with Crippen molar-refractivity contribution in [2.45, 2.75) is 6.54 Å². The van der Waals surface area contributed by atoms with Crippen LogP contribution in [0.2, 0.25) is 5.02 Å². The maximum Gasteiger partial charge on any atom is 0.273 e. The third-order valence-corrected chi connectivity index (χ3v) is 5.58. The van der Waals surface area contributed by atoms with E-state index in [0.717, 1.165) is 21.1 Å². The van der Waals surface area contributed by atoms with Crippen LogP contribution in [0.25, 0.3) is 21.9 Å². The number of carbonyl (C=O) groups excluding carboxylic acids is 1. The van der Waals surface area contributed by atoms with Crippen LogP contribution in [0, 0.1) is 0 Å². The Morgan fingerprint density at radius 2 is 2.04 bits per heavy atom. The van der Waals surface area contributed by atoms with E-state index < -0.39 is 0 Å². The molecule has 26 heavy (non-hydrogen) atoms. The zero-order valence-electron chi connectivity index (χ0n) is 13.3. The van der Waals surface area contributed by atoms with E-state index in [-0.39, 0.29) is 11.6 Å². The van der Waals surface area contributed by atoms with E-state index in [9.17, 15) is 4.79 Å². The van der Waals surface area contributed by atoms with Gasteiger partial charge in [-0.2, -0.15) is 0 Å². The second-order valence-corrected chi connectivity index (χ2v) is 7.70. The van der Waals surface area contributed by atoms with Crippen molar-refractivity contribution < 1.29 is 9.32 Å². The van der Waals surface area contributed by atoms with Crippen LogP contribution >= 0.6 is 34.3 Å². The molecule has 0 bridgehead atoms. The van der Waals surface area contributed by atoms with Crippen LogP contribution in [-0.2, 0) is 6.54 Å². The summed E-state index contributed by atoms with van der Waals surface area (Å²) in [6, 6.07) is 13.0. The van der Waals surface area contributed by atoms with Gasteiger partial charge in [-0.1, -0.05) is 35.0 Å². The van der Waals surface area contributed by atoms with E-state index >= 15 is 0 Å². The Morgan fingerprint density at radius 1 is 1.19 bits per heavy atom. The summed E-state index contributed by atoms with van der Waals surface area (Å²) in [5, 5.41) is 12.0. The number of thiophene rings is 1. The molecule has 4 rings (SSSR count). The number of benzene rings is 1. The summed E-state index contributed by atoms with van der Waals surface area (Å²) in [4.78, 5) is 17.7. The fraction of sp³-hybridized carbons (Fsp3) is 0.0556. The summed E-state index contributed by atoms with van der Waals surface area (Å²) < 4.78 is 5.23. The molecule has 0 aliphatic carbocycles. The van der Waals surface area contributed by atoms with Crippen LogP contribution in [0.15, 0.2) is 57.7 Å². The normalized spacial score (nSPS) is 10.8. The molecular weight excluding hydrogens is 390 g/mol. The number of nitrogens with zero attached hydrogens (tertiary/aromatic N) is 2. The van der Waals surface area contributed by atoms with Gasteiger partial charge in [-0.15, -0.1) is 22.7 Å². The Morgan fingerprint density at radius 3 is 2.81 bits per heavy atom. The van der Waals surface area contributed by atoms with Crippen LogP contribution < -0.4 is 5.32 Å². The minimum absolute atomic E-state index is 0.253. The molecule has 0 radical (unpaired) electrons. The van der Waals surface area contributed by atoms with Gasteiger partial charge in [-0.25, -0.2) is 4.98 Å². The van der Waals surface area contributed by atoms with Gasteiger partial charge in [0, 0.05) is 22.0 Å². The van der Waals surface area contributed by atoms with Crippen LogP contribution in [0.5, 0.6) is 0 Å². The summed E-state index contributed by atoms with van der Waals surface area (Å²) in [6.45, 7) is 0.332. The van der Waals surface area contributed by atoms with Crippen LogP contribution in [-0.4, -0.2) is 16.0 Å². The van der Waals surface area contributed by atoms with E-state index in [1.165, 1.54) is 22.7 Å². The fourth-order valence-corrected chi connectivity index (χ4v) is 3.85. The first kappa shape index (κ1) is 17.0. The Kier molecular flexibility index (Phi) is 4.83. The predicted octanol–water partition coefficient (Wildman–Crippen LogP) is 5.11. The number of amides is 1. The Hall–Kier alpha value is -2.48. The van der Waals surface area contributed by atoms with Crippen molar-refractivity contribution in [2.24, 2.45) is 0 Å². The molecule has 0 unspecified atom stereocenters. The SMILES string of the molecule is O=C(NCc1nc(-c2ccc(Cl)cc2)cs1)c1cc(-c2cccs2)on1. The molecule has 0 saturated heterocycles. The lowest BCUT2D eigenvalue weighted by Gasteiger charge is -1.99. The summed E-state index contributed by atoms with van der Waals surface area (Å²) >= 11 is 8.92. The van der Waals surface area contributed by atoms with Crippen molar-refractivity contribution in [3.05, 3.63) is 68.9 Å². The van der Waals surface area contributed by atoms with Crippen molar-refractivity contribution in [2.75, 3.05) is 0 Å². The number of hydrogen-bond acceptors (Lipinski definition) is 6. The molecule has 0 aliphatic heterocycles. The van der Waals surface area contributed by atoms with Crippen molar-refractivity contribution in [3.8, 4) is 21.9 Å². The Bertz CT molecular complexity index is 1020. The van der Waals surface area contributed by atoms with E-state index in [0.29, 0.717) is 17.3 Å². The standard InChI is InChI=1S/C18H12ClN3O2S2/c19-12-5-3-11(4-6-12)14-10-26-17(21-14)9-20-18(23)13-8-15(24-22-13)16-2-1-7-25-16/h1-8,10H,9H2,(H,20,23). The zero-order chi connectivity index (χ0) is 17.9. The highest BCUT2D eigenvalue weighted by atomic mass is 35.5. The fourth-order valence-electron chi connectivity index (χ4n) is 2.31. The molecule has 1 aromatic carbocycles. The number of rotatable bonds is 5. The lowest BCUT2D eigenvalue weighted by Crippen LogP contribution is -2.22. The third-order valence-electron chi connectivity index (χ3n) is 3.60. The average molecular weight is 402 g/mol. The molecule has 3 aromatic heterocycles. The number of halogens is 1. The second-order valence-electron chi connectivity index (χ2n) is 5.37. The maximum atomic E-state index is 12.2. The smallest absolute Gasteiger partial charge is 0.273 e. The molecule has 130 valence electrons. The van der Waals surface area contributed by atoms with Crippen molar-refractivity contribution in [1.82, 2.24) is 15.5 Å². The highest BCUT2D eigenvalue weighted by Gasteiger charge is 2.14. The first-order chi connectivity index (χ1) is 12.7. The van der Waals surface area contributed by atoms with Crippen LogP contribution in [0.3, 0.4) is 0 Å². The highest BCUT2D eigenvalue weighted by molar-refractivity contribution is 7.13. The van der Waals surface area contributed by atoms with E-state index in [4.69, 9.17) is 16.1 Å². The third kappa shape index (κ3) is 3.70. The molecule has 4 aromatic rings. The first-order valence-corrected chi connectivity index (χ1v) is 9.82. The van der Waals surface area contributed by atoms with Gasteiger partial charge in [-0.05, 0) is 23.6 Å². The molecule has 0 spiro atoms.